The maximum absolute atomic E-state index is 9.55. The van der Waals surface area contributed by atoms with Gasteiger partial charge in [0.2, 0.25) is 0 Å². The molecule has 1 aliphatic heterocycles. The van der Waals surface area contributed by atoms with Gasteiger partial charge in [-0.1, -0.05) is 6.07 Å². The Bertz CT molecular complexity index is 400. The molecule has 1 fully saturated rings. The number of nitrogens with one attached hydrogen (secondary N) is 1. The van der Waals surface area contributed by atoms with E-state index >= 15 is 0 Å². The van der Waals surface area contributed by atoms with E-state index < -0.39 is 0 Å². The largest absolute Gasteiger partial charge is 0.507 e. The number of aliphatic hydroxyl groups excluding tert-OH is 1. The lowest BCUT2D eigenvalue weighted by Gasteiger charge is -2.35. The van der Waals surface area contributed by atoms with Crippen LogP contribution >= 0.6 is 28.3 Å². The molecule has 0 bridgehead atoms. The lowest BCUT2D eigenvalue weighted by Crippen LogP contribution is -2.45. The van der Waals surface area contributed by atoms with E-state index in [4.69, 9.17) is 0 Å². The SMILES string of the molecule is Cl.OCC[C@H](c1ccc(O)c(Br)c1)N1CCNCC1. The minimum Gasteiger partial charge on any atom is -0.507 e. The number of aromatic hydroxyl groups is 1. The number of phenols is 1. The van der Waals surface area contributed by atoms with Crippen molar-refractivity contribution >= 4 is 28.3 Å². The van der Waals surface area contributed by atoms with Crippen LogP contribution in [0, 0.1) is 0 Å². The zero-order chi connectivity index (χ0) is 13.0. The van der Waals surface area contributed by atoms with E-state index in [0.29, 0.717) is 4.47 Å². The summed E-state index contributed by atoms with van der Waals surface area (Å²) in [6.07, 6.45) is 0.719. The van der Waals surface area contributed by atoms with Crippen LogP contribution < -0.4 is 5.32 Å². The number of halogens is 2. The molecular formula is C13H20BrClN2O2. The second-order valence-electron chi connectivity index (χ2n) is 4.52. The number of nitrogens with zero attached hydrogens (tertiary/aromatic N) is 1. The third-order valence-corrected chi connectivity index (χ3v) is 3.99. The molecule has 19 heavy (non-hydrogen) atoms. The fraction of sp³-hybridized carbons (Fsp3) is 0.538. The van der Waals surface area contributed by atoms with Crippen LogP contribution in [0.25, 0.3) is 0 Å². The molecule has 2 rings (SSSR count). The van der Waals surface area contributed by atoms with Gasteiger partial charge < -0.3 is 15.5 Å². The van der Waals surface area contributed by atoms with Crippen molar-refractivity contribution in [3.8, 4) is 5.75 Å². The average Bonchev–Trinajstić information content (AvgIpc) is 2.40. The molecule has 4 nitrogen and oxygen atoms in total. The molecule has 1 aromatic rings. The summed E-state index contributed by atoms with van der Waals surface area (Å²) in [5.74, 6) is 0.252. The molecular weight excluding hydrogens is 332 g/mol. The van der Waals surface area contributed by atoms with Crippen LogP contribution in [0.4, 0.5) is 0 Å². The second-order valence-corrected chi connectivity index (χ2v) is 5.38. The standard InChI is InChI=1S/C13H19BrN2O2.ClH/c14-11-9-10(1-2-13(11)18)12(3-8-17)16-6-4-15-5-7-16;/h1-2,9,12,15,17-18H,3-8H2;1H/t12-;/m1./s1. The van der Waals surface area contributed by atoms with Crippen molar-refractivity contribution in [2.75, 3.05) is 32.8 Å². The van der Waals surface area contributed by atoms with Crippen LogP contribution in [0.3, 0.4) is 0 Å². The van der Waals surface area contributed by atoms with Crippen molar-refractivity contribution in [3.05, 3.63) is 28.2 Å². The van der Waals surface area contributed by atoms with Crippen molar-refractivity contribution in [1.29, 1.82) is 0 Å². The Kier molecular flexibility index (Phi) is 7.10. The molecule has 6 heteroatoms. The molecule has 0 radical (unpaired) electrons. The van der Waals surface area contributed by atoms with E-state index in [9.17, 15) is 10.2 Å². The van der Waals surface area contributed by atoms with Gasteiger partial charge in [0.05, 0.1) is 4.47 Å². The van der Waals surface area contributed by atoms with E-state index in [0.717, 1.165) is 38.2 Å². The van der Waals surface area contributed by atoms with Crippen molar-refractivity contribution < 1.29 is 10.2 Å². The number of hydrogen-bond acceptors (Lipinski definition) is 4. The van der Waals surface area contributed by atoms with Gasteiger partial charge in [-0.15, -0.1) is 12.4 Å². The third kappa shape index (κ3) is 4.33. The second kappa shape index (κ2) is 8.07. The quantitative estimate of drug-likeness (QED) is 0.775. The molecule has 1 atom stereocenters. The minimum atomic E-state index is 0. The maximum atomic E-state index is 9.55. The smallest absolute Gasteiger partial charge is 0.129 e. The number of phenolic OH excluding ortho intramolecular Hbond substituents is 1. The van der Waals surface area contributed by atoms with Gasteiger partial charge in [-0.3, -0.25) is 4.90 Å². The molecule has 0 aliphatic carbocycles. The van der Waals surface area contributed by atoms with Gasteiger partial charge in [0.25, 0.3) is 0 Å². The molecule has 0 aromatic heterocycles. The summed E-state index contributed by atoms with van der Waals surface area (Å²) >= 11 is 3.35. The number of hydrogen-bond donors (Lipinski definition) is 3. The van der Waals surface area contributed by atoms with Crippen LogP contribution in [-0.2, 0) is 0 Å². The molecule has 1 aromatic carbocycles. The van der Waals surface area contributed by atoms with Gasteiger partial charge in [-0.05, 0) is 40.0 Å². The highest BCUT2D eigenvalue weighted by atomic mass is 79.9. The lowest BCUT2D eigenvalue weighted by molar-refractivity contribution is 0.141. The lowest BCUT2D eigenvalue weighted by atomic mass is 10.0. The third-order valence-electron chi connectivity index (χ3n) is 3.35. The Balaban J connectivity index is 0.00000180. The van der Waals surface area contributed by atoms with Gasteiger partial charge in [0.15, 0.2) is 0 Å². The van der Waals surface area contributed by atoms with E-state index in [-0.39, 0.29) is 30.8 Å². The highest BCUT2D eigenvalue weighted by Gasteiger charge is 2.22. The van der Waals surface area contributed by atoms with Crippen molar-refractivity contribution in [2.45, 2.75) is 12.5 Å². The van der Waals surface area contributed by atoms with Crippen LogP contribution in [0.5, 0.6) is 5.75 Å². The molecule has 1 aliphatic rings. The zero-order valence-corrected chi connectivity index (χ0v) is 13.1. The molecule has 0 spiro atoms. The summed E-state index contributed by atoms with van der Waals surface area (Å²) in [7, 11) is 0. The summed E-state index contributed by atoms with van der Waals surface area (Å²) < 4.78 is 0.707. The first kappa shape index (κ1) is 16.7. The highest BCUT2D eigenvalue weighted by Crippen LogP contribution is 2.31. The minimum absolute atomic E-state index is 0. The van der Waals surface area contributed by atoms with Gasteiger partial charge in [0, 0.05) is 38.8 Å². The van der Waals surface area contributed by atoms with Gasteiger partial charge >= 0.3 is 0 Å². The first-order chi connectivity index (χ1) is 8.72. The summed E-state index contributed by atoms with van der Waals surface area (Å²) in [6.45, 7) is 4.13. The molecule has 108 valence electrons. The van der Waals surface area contributed by atoms with Crippen molar-refractivity contribution in [3.63, 3.8) is 0 Å². The Labute approximate surface area is 128 Å². The van der Waals surface area contributed by atoms with Crippen LogP contribution in [0.2, 0.25) is 0 Å². The van der Waals surface area contributed by atoms with Crippen LogP contribution in [0.15, 0.2) is 22.7 Å². The molecule has 0 unspecified atom stereocenters. The van der Waals surface area contributed by atoms with Crippen LogP contribution in [-0.4, -0.2) is 47.9 Å². The zero-order valence-electron chi connectivity index (χ0n) is 10.7. The number of aliphatic hydroxyl groups is 1. The van der Waals surface area contributed by atoms with Crippen molar-refractivity contribution in [2.24, 2.45) is 0 Å². The molecule has 0 saturated carbocycles. The number of benzene rings is 1. The first-order valence-electron chi connectivity index (χ1n) is 6.26. The summed E-state index contributed by atoms with van der Waals surface area (Å²) in [6, 6.07) is 5.79. The van der Waals surface area contributed by atoms with Crippen molar-refractivity contribution in [1.82, 2.24) is 10.2 Å². The summed E-state index contributed by atoms with van der Waals surface area (Å²) in [5, 5.41) is 22.1. The Morgan fingerprint density at radius 1 is 1.32 bits per heavy atom. The molecule has 3 N–H and O–H groups in total. The van der Waals surface area contributed by atoms with E-state index in [1.54, 1.807) is 6.07 Å². The van der Waals surface area contributed by atoms with E-state index in [1.807, 2.05) is 12.1 Å². The predicted molar refractivity (Wildman–Crippen MR) is 81.9 cm³/mol. The summed E-state index contributed by atoms with van der Waals surface area (Å²) in [4.78, 5) is 2.38. The van der Waals surface area contributed by atoms with Gasteiger partial charge in [-0.25, -0.2) is 0 Å². The predicted octanol–water partition coefficient (Wildman–Crippen LogP) is 1.91. The average molecular weight is 352 g/mol. The Hall–Kier alpha value is -0.330. The molecule has 1 heterocycles. The topological polar surface area (TPSA) is 55.7 Å². The van der Waals surface area contributed by atoms with Gasteiger partial charge in [-0.2, -0.15) is 0 Å². The fourth-order valence-corrected chi connectivity index (χ4v) is 2.80. The Morgan fingerprint density at radius 2 is 2.00 bits per heavy atom. The van der Waals surface area contributed by atoms with E-state index in [1.165, 1.54) is 0 Å². The first-order valence-corrected chi connectivity index (χ1v) is 7.05. The highest BCUT2D eigenvalue weighted by molar-refractivity contribution is 9.10. The molecule has 1 saturated heterocycles. The Morgan fingerprint density at radius 3 is 2.58 bits per heavy atom. The van der Waals surface area contributed by atoms with Crippen LogP contribution in [0.1, 0.15) is 18.0 Å². The van der Waals surface area contributed by atoms with Gasteiger partial charge in [0.1, 0.15) is 5.75 Å². The normalized spacial score (nSPS) is 17.8. The maximum Gasteiger partial charge on any atom is 0.129 e. The summed E-state index contributed by atoms with van der Waals surface area (Å²) in [5.41, 5.74) is 1.13. The number of piperazine rings is 1. The number of rotatable bonds is 4. The van der Waals surface area contributed by atoms with E-state index in [2.05, 4.69) is 26.1 Å². The molecule has 0 amide bonds. The fourth-order valence-electron chi connectivity index (χ4n) is 2.41. The monoisotopic (exact) mass is 350 g/mol.